The van der Waals surface area contributed by atoms with Crippen LogP contribution in [0.1, 0.15) is 31.9 Å². The third kappa shape index (κ3) is 3.87. The smallest absolute Gasteiger partial charge is 0.326 e. The number of thiazole rings is 1. The van der Waals surface area contributed by atoms with Gasteiger partial charge in [-0.1, -0.05) is 19.8 Å². The van der Waals surface area contributed by atoms with Gasteiger partial charge in [0, 0.05) is 5.38 Å². The number of carboxylic acid groups (broad SMARTS) is 1. The lowest BCUT2D eigenvalue weighted by Gasteiger charge is -2.12. The minimum absolute atomic E-state index is 0.518. The van der Waals surface area contributed by atoms with Gasteiger partial charge in [0.2, 0.25) is 0 Å². The van der Waals surface area contributed by atoms with Crippen molar-refractivity contribution in [3.05, 3.63) is 11.1 Å². The molecular weight excluding hydrogens is 212 g/mol. The quantitative estimate of drug-likeness (QED) is 0.785. The summed E-state index contributed by atoms with van der Waals surface area (Å²) in [5.74, 6) is -0.809. The van der Waals surface area contributed by atoms with Crippen molar-refractivity contribution < 1.29 is 9.90 Å². The zero-order valence-electron chi connectivity index (χ0n) is 8.99. The fourth-order valence-corrected chi connectivity index (χ4v) is 1.98. The molecule has 0 bridgehead atoms. The molecule has 4 nitrogen and oxygen atoms in total. The first-order valence-corrected chi connectivity index (χ1v) is 5.93. The van der Waals surface area contributed by atoms with Gasteiger partial charge in [-0.05, 0) is 13.3 Å². The predicted octanol–water partition coefficient (Wildman–Crippen LogP) is 2.51. The molecule has 1 heterocycles. The molecule has 0 aliphatic rings. The number of nitrogens with zero attached hydrogens (tertiary/aromatic N) is 1. The average molecular weight is 228 g/mol. The van der Waals surface area contributed by atoms with E-state index in [1.54, 1.807) is 0 Å². The fraction of sp³-hybridized carbons (Fsp3) is 0.600. The molecule has 0 radical (unpaired) electrons. The van der Waals surface area contributed by atoms with E-state index in [0.717, 1.165) is 18.5 Å². The monoisotopic (exact) mass is 228 g/mol. The highest BCUT2D eigenvalue weighted by atomic mass is 32.1. The maximum absolute atomic E-state index is 10.9. The van der Waals surface area contributed by atoms with E-state index < -0.39 is 12.0 Å². The van der Waals surface area contributed by atoms with Gasteiger partial charge < -0.3 is 10.4 Å². The molecule has 0 saturated heterocycles. The minimum atomic E-state index is -0.809. The number of unbranched alkanes of at least 4 members (excludes halogenated alkanes) is 1. The van der Waals surface area contributed by atoms with E-state index in [1.807, 2.05) is 19.2 Å². The number of aliphatic carboxylic acids is 1. The Morgan fingerprint density at radius 3 is 2.93 bits per heavy atom. The summed E-state index contributed by atoms with van der Waals surface area (Å²) in [5, 5.41) is 14.5. The van der Waals surface area contributed by atoms with Gasteiger partial charge in [0.15, 0.2) is 5.13 Å². The molecule has 0 saturated carbocycles. The van der Waals surface area contributed by atoms with Crippen LogP contribution in [0.25, 0.3) is 0 Å². The Hall–Kier alpha value is -1.10. The van der Waals surface area contributed by atoms with E-state index >= 15 is 0 Å². The highest BCUT2D eigenvalue weighted by Crippen LogP contribution is 2.17. The van der Waals surface area contributed by atoms with Crippen LogP contribution >= 0.6 is 11.3 Å². The van der Waals surface area contributed by atoms with Crippen molar-refractivity contribution in [1.29, 1.82) is 0 Å². The number of hydrogen-bond donors (Lipinski definition) is 2. The second-order valence-corrected chi connectivity index (χ2v) is 4.33. The van der Waals surface area contributed by atoms with Gasteiger partial charge in [-0.25, -0.2) is 9.78 Å². The van der Waals surface area contributed by atoms with Gasteiger partial charge in [0.1, 0.15) is 6.04 Å². The molecule has 84 valence electrons. The van der Waals surface area contributed by atoms with Crippen LogP contribution in [0.5, 0.6) is 0 Å². The van der Waals surface area contributed by atoms with Crippen LogP contribution < -0.4 is 5.32 Å². The fourth-order valence-electron chi connectivity index (χ4n) is 1.23. The summed E-state index contributed by atoms with van der Waals surface area (Å²) in [4.78, 5) is 15.1. The Kier molecular flexibility index (Phi) is 4.55. The minimum Gasteiger partial charge on any atom is -0.480 e. The molecule has 0 aliphatic carbocycles. The van der Waals surface area contributed by atoms with Crippen LogP contribution in [0.3, 0.4) is 0 Å². The van der Waals surface area contributed by atoms with Crippen molar-refractivity contribution in [2.75, 3.05) is 5.32 Å². The number of aryl methyl sites for hydroxylation is 1. The molecule has 1 atom stereocenters. The molecule has 1 rings (SSSR count). The number of carbonyl (C=O) groups is 1. The van der Waals surface area contributed by atoms with Crippen LogP contribution in [-0.2, 0) is 4.79 Å². The summed E-state index contributed by atoms with van der Waals surface area (Å²) < 4.78 is 0. The molecule has 15 heavy (non-hydrogen) atoms. The molecule has 2 N–H and O–H groups in total. The van der Waals surface area contributed by atoms with E-state index in [4.69, 9.17) is 5.11 Å². The zero-order chi connectivity index (χ0) is 11.3. The number of rotatable bonds is 6. The summed E-state index contributed by atoms with van der Waals surface area (Å²) >= 11 is 1.44. The van der Waals surface area contributed by atoms with Crippen molar-refractivity contribution in [2.24, 2.45) is 0 Å². The third-order valence-corrected chi connectivity index (χ3v) is 2.95. The van der Waals surface area contributed by atoms with Gasteiger partial charge in [-0.2, -0.15) is 0 Å². The van der Waals surface area contributed by atoms with Gasteiger partial charge >= 0.3 is 5.97 Å². The SMILES string of the molecule is CCCCC(Nc1nc(C)cs1)C(=O)O. The first-order chi connectivity index (χ1) is 7.13. The standard InChI is InChI=1S/C10H16N2O2S/c1-3-4-5-8(9(13)14)12-10-11-7(2)6-15-10/h6,8H,3-5H2,1-2H3,(H,11,12)(H,13,14). The van der Waals surface area contributed by atoms with E-state index in [1.165, 1.54) is 11.3 Å². The highest BCUT2D eigenvalue weighted by Gasteiger charge is 2.17. The lowest BCUT2D eigenvalue weighted by Crippen LogP contribution is -2.29. The van der Waals surface area contributed by atoms with Crippen molar-refractivity contribution in [2.45, 2.75) is 39.2 Å². The first kappa shape index (κ1) is 12.0. The summed E-state index contributed by atoms with van der Waals surface area (Å²) in [6.07, 6.45) is 2.56. The Morgan fingerprint density at radius 1 is 1.73 bits per heavy atom. The maximum atomic E-state index is 10.9. The summed E-state index contributed by atoms with van der Waals surface area (Å²) in [6, 6.07) is -0.518. The van der Waals surface area contributed by atoms with Gasteiger partial charge in [-0.3, -0.25) is 0 Å². The third-order valence-electron chi connectivity index (χ3n) is 2.06. The Morgan fingerprint density at radius 2 is 2.47 bits per heavy atom. The average Bonchev–Trinajstić information content (AvgIpc) is 2.58. The van der Waals surface area contributed by atoms with Gasteiger partial charge in [-0.15, -0.1) is 11.3 Å². The van der Waals surface area contributed by atoms with Crippen molar-refractivity contribution in [3.63, 3.8) is 0 Å². The van der Waals surface area contributed by atoms with Gasteiger partial charge in [0.05, 0.1) is 5.69 Å². The first-order valence-electron chi connectivity index (χ1n) is 5.05. The lowest BCUT2D eigenvalue weighted by atomic mass is 10.1. The van der Waals surface area contributed by atoms with Crippen LogP contribution in [0.15, 0.2) is 5.38 Å². The number of anilines is 1. The number of hydrogen-bond acceptors (Lipinski definition) is 4. The van der Waals surface area contributed by atoms with Crippen LogP contribution in [0.2, 0.25) is 0 Å². The Balaban J connectivity index is 2.54. The Labute approximate surface area is 93.4 Å². The maximum Gasteiger partial charge on any atom is 0.326 e. The second kappa shape index (κ2) is 5.70. The van der Waals surface area contributed by atoms with Crippen LogP contribution in [0.4, 0.5) is 5.13 Å². The summed E-state index contributed by atoms with van der Waals surface area (Å²) in [6.45, 7) is 3.94. The largest absolute Gasteiger partial charge is 0.480 e. The van der Waals surface area contributed by atoms with E-state index in [2.05, 4.69) is 10.3 Å². The van der Waals surface area contributed by atoms with Crippen LogP contribution in [0, 0.1) is 6.92 Å². The number of nitrogens with one attached hydrogen (secondary N) is 1. The topological polar surface area (TPSA) is 62.2 Å². The lowest BCUT2D eigenvalue weighted by molar-refractivity contribution is -0.138. The molecule has 1 aromatic rings. The molecule has 1 aromatic heterocycles. The molecule has 0 aliphatic heterocycles. The Bertz CT molecular complexity index is 325. The number of aromatic nitrogens is 1. The predicted molar refractivity (Wildman–Crippen MR) is 61.4 cm³/mol. The van der Waals surface area contributed by atoms with Crippen molar-refractivity contribution in [3.8, 4) is 0 Å². The van der Waals surface area contributed by atoms with E-state index in [9.17, 15) is 4.79 Å². The van der Waals surface area contributed by atoms with E-state index in [-0.39, 0.29) is 0 Å². The molecule has 0 amide bonds. The summed E-state index contributed by atoms with van der Waals surface area (Å²) in [7, 11) is 0. The summed E-state index contributed by atoms with van der Waals surface area (Å²) in [5.41, 5.74) is 0.919. The van der Waals surface area contributed by atoms with Crippen molar-refractivity contribution >= 4 is 22.4 Å². The van der Waals surface area contributed by atoms with Crippen LogP contribution in [-0.4, -0.2) is 22.1 Å². The van der Waals surface area contributed by atoms with Crippen molar-refractivity contribution in [1.82, 2.24) is 4.98 Å². The molecule has 0 fully saturated rings. The molecule has 5 heteroatoms. The molecule has 1 unspecified atom stereocenters. The molecule has 0 spiro atoms. The highest BCUT2D eigenvalue weighted by molar-refractivity contribution is 7.13. The second-order valence-electron chi connectivity index (χ2n) is 3.47. The molecular formula is C10H16N2O2S. The molecule has 0 aromatic carbocycles. The van der Waals surface area contributed by atoms with Gasteiger partial charge in [0.25, 0.3) is 0 Å². The normalized spacial score (nSPS) is 12.4. The zero-order valence-corrected chi connectivity index (χ0v) is 9.80. The number of carboxylic acids is 1. The van der Waals surface area contributed by atoms with E-state index in [0.29, 0.717) is 11.6 Å².